The van der Waals surface area contributed by atoms with Crippen molar-refractivity contribution in [3.63, 3.8) is 0 Å². The van der Waals surface area contributed by atoms with E-state index >= 15 is 0 Å². The molecule has 0 fully saturated rings. The topological polar surface area (TPSA) is 17.8 Å². The molecule has 0 aliphatic carbocycles. The first kappa shape index (κ1) is 44.9. The average Bonchev–Trinajstić information content (AvgIpc) is 4.23. The van der Waals surface area contributed by atoms with Crippen LogP contribution < -0.4 is 0 Å². The smallest absolute Gasteiger partial charge is 0.0708 e. The number of hydrogen-bond acceptors (Lipinski definition) is 2. The summed E-state index contributed by atoms with van der Waals surface area (Å²) in [5.74, 6) is 0. The van der Waals surface area contributed by atoms with Crippen LogP contribution in [0.4, 0.5) is 0 Å². The van der Waals surface area contributed by atoms with E-state index in [1.54, 1.807) is 0 Å². The van der Waals surface area contributed by atoms with Crippen LogP contribution in [0.25, 0.3) is 168 Å². The Bertz CT molecular complexity index is 5360. The predicted octanol–water partition coefficient (Wildman–Crippen LogP) is 21.8. The fourth-order valence-electron chi connectivity index (χ4n) is 13.4. The van der Waals surface area contributed by atoms with Crippen LogP contribution in [0.5, 0.6) is 0 Å². The molecule has 2 nitrogen and oxygen atoms in total. The molecule has 0 bridgehead atoms. The van der Waals surface area contributed by atoms with Gasteiger partial charge in [-0.05, 0) is 164 Å². The first-order valence-corrected chi connectivity index (χ1v) is 28.3. The summed E-state index contributed by atoms with van der Waals surface area (Å²) >= 11 is 1.88. The highest BCUT2D eigenvalue weighted by Crippen LogP contribution is 2.48. The minimum absolute atomic E-state index is 0.937. The van der Waals surface area contributed by atoms with Gasteiger partial charge in [-0.15, -0.1) is 11.3 Å². The molecule has 3 heteroatoms. The SMILES string of the molecule is c1cc(-c2cc(-c3cc4c5ccccc5c5ccccc5c4cn3)ccc2-c2cc3c4ccccc4c4ccccc4c3cc2-c2cccc(-n3c4ccccc4c4ccccc43)c2)cc(-c2cccc3c2sc2ccccc23)c1. The molecule has 0 amide bonds. The standard InChI is InChI=1S/C77H46N2S/c1-5-26-57-53(22-1)54-23-2-6-27-58(54)70-44-68(67(43-69(57)70)49-20-16-21-51(41-49)79-74-35-12-9-30-62(74)63-31-10-13-36-75(63)79)61-39-38-50(73-45-71-59-28-7-3-24-55(59)56-25-4-8-29-60(56)72(71)46-78-73)42-66(61)48-19-15-18-47(40-48)52-33-17-34-65-64-32-11-14-37-76(64)80-77(52)65/h1-46H. The molecule has 0 aliphatic rings. The second-order valence-corrected chi connectivity index (χ2v) is 22.3. The number of hydrogen-bond donors (Lipinski definition) is 0. The Morgan fingerprint density at radius 2 is 0.700 bits per heavy atom. The number of thiophene rings is 1. The van der Waals surface area contributed by atoms with Gasteiger partial charge < -0.3 is 4.57 Å². The largest absolute Gasteiger partial charge is 0.309 e. The number of nitrogens with zero attached hydrogens (tertiary/aromatic N) is 2. The summed E-state index contributed by atoms with van der Waals surface area (Å²) in [5, 5.41) is 19.8. The summed E-state index contributed by atoms with van der Waals surface area (Å²) in [6, 6.07) is 101. The van der Waals surface area contributed by atoms with Gasteiger partial charge in [0.15, 0.2) is 0 Å². The first-order valence-electron chi connectivity index (χ1n) is 27.5. The molecule has 80 heavy (non-hydrogen) atoms. The van der Waals surface area contributed by atoms with Gasteiger partial charge >= 0.3 is 0 Å². The number of pyridine rings is 1. The molecule has 17 aromatic rings. The van der Waals surface area contributed by atoms with Gasteiger partial charge in [-0.1, -0.05) is 212 Å². The van der Waals surface area contributed by atoms with Crippen LogP contribution >= 0.6 is 11.3 Å². The molecule has 0 saturated heterocycles. The second-order valence-electron chi connectivity index (χ2n) is 21.3. The summed E-state index contributed by atoms with van der Waals surface area (Å²) in [4.78, 5) is 5.34. The van der Waals surface area contributed by atoms with E-state index in [-0.39, 0.29) is 0 Å². The Balaban J connectivity index is 0.951. The maximum absolute atomic E-state index is 5.34. The molecular formula is C77H46N2S. The quantitative estimate of drug-likeness (QED) is 0.152. The lowest BCUT2D eigenvalue weighted by molar-refractivity contribution is 1.18. The van der Waals surface area contributed by atoms with E-state index < -0.39 is 0 Å². The molecule has 3 heterocycles. The molecule has 0 spiro atoms. The van der Waals surface area contributed by atoms with E-state index in [1.807, 2.05) is 11.3 Å². The van der Waals surface area contributed by atoms with Gasteiger partial charge in [-0.2, -0.15) is 0 Å². The minimum Gasteiger partial charge on any atom is -0.309 e. The normalized spacial score (nSPS) is 12.0. The fraction of sp³-hybridized carbons (Fsp3) is 0. The summed E-state index contributed by atoms with van der Waals surface area (Å²) in [6.07, 6.45) is 2.10. The van der Waals surface area contributed by atoms with Crippen molar-refractivity contribution in [1.82, 2.24) is 9.55 Å². The van der Waals surface area contributed by atoms with Crippen molar-refractivity contribution in [2.24, 2.45) is 0 Å². The summed E-state index contributed by atoms with van der Waals surface area (Å²) in [6.45, 7) is 0. The highest BCUT2D eigenvalue weighted by Gasteiger charge is 2.22. The van der Waals surface area contributed by atoms with Gasteiger partial charge in [0.2, 0.25) is 0 Å². The predicted molar refractivity (Wildman–Crippen MR) is 344 cm³/mol. The molecule has 0 saturated carbocycles. The summed E-state index contributed by atoms with van der Waals surface area (Å²) in [7, 11) is 0. The zero-order valence-corrected chi connectivity index (χ0v) is 44.2. The third-order valence-corrected chi connectivity index (χ3v) is 18.2. The lowest BCUT2D eigenvalue weighted by atomic mass is 9.84. The molecule has 14 aromatic carbocycles. The van der Waals surface area contributed by atoms with Crippen LogP contribution in [0, 0.1) is 0 Å². The Labute approximate surface area is 465 Å². The summed E-state index contributed by atoms with van der Waals surface area (Å²) < 4.78 is 5.04. The number of benzene rings is 14. The van der Waals surface area contributed by atoms with E-state index in [4.69, 9.17) is 4.98 Å². The van der Waals surface area contributed by atoms with Crippen LogP contribution in [-0.4, -0.2) is 9.55 Å². The third kappa shape index (κ3) is 6.81. The number of aromatic nitrogens is 2. The molecule has 3 aromatic heterocycles. The van der Waals surface area contributed by atoms with Gasteiger partial charge in [0.1, 0.15) is 0 Å². The Morgan fingerprint density at radius 3 is 1.32 bits per heavy atom. The van der Waals surface area contributed by atoms with Crippen LogP contribution in [0.3, 0.4) is 0 Å². The van der Waals surface area contributed by atoms with E-state index in [0.29, 0.717) is 0 Å². The molecule has 0 atom stereocenters. The van der Waals surface area contributed by atoms with Crippen molar-refractivity contribution in [1.29, 1.82) is 0 Å². The first-order chi connectivity index (χ1) is 39.7. The highest BCUT2D eigenvalue weighted by molar-refractivity contribution is 7.26. The monoisotopic (exact) mass is 1030 g/mol. The maximum Gasteiger partial charge on any atom is 0.0708 e. The van der Waals surface area contributed by atoms with Crippen molar-refractivity contribution in [2.45, 2.75) is 0 Å². The van der Waals surface area contributed by atoms with E-state index in [9.17, 15) is 0 Å². The van der Waals surface area contributed by atoms with Crippen molar-refractivity contribution >= 4 is 118 Å². The lowest BCUT2D eigenvalue weighted by Crippen LogP contribution is -1.96. The van der Waals surface area contributed by atoms with Crippen molar-refractivity contribution in [3.05, 3.63) is 279 Å². The van der Waals surface area contributed by atoms with E-state index in [0.717, 1.165) is 44.6 Å². The Hall–Kier alpha value is -10.2. The molecular weight excluding hydrogens is 985 g/mol. The average molecular weight is 1030 g/mol. The lowest BCUT2D eigenvalue weighted by Gasteiger charge is -2.20. The third-order valence-electron chi connectivity index (χ3n) is 17.0. The molecule has 0 unspecified atom stereocenters. The summed E-state index contributed by atoms with van der Waals surface area (Å²) in [5.41, 5.74) is 14.8. The Kier molecular flexibility index (Phi) is 9.92. The van der Waals surface area contributed by atoms with Crippen LogP contribution in [0.1, 0.15) is 0 Å². The number of fused-ring (bicyclic) bond motifs is 18. The maximum atomic E-state index is 5.34. The van der Waals surface area contributed by atoms with Gasteiger partial charge in [0.05, 0.1) is 16.7 Å². The molecule has 370 valence electrons. The van der Waals surface area contributed by atoms with Crippen LogP contribution in [-0.2, 0) is 0 Å². The second kappa shape index (κ2) is 17.7. The highest BCUT2D eigenvalue weighted by atomic mass is 32.1. The molecule has 0 N–H and O–H groups in total. The van der Waals surface area contributed by atoms with Gasteiger partial charge in [0, 0.05) is 53.8 Å². The van der Waals surface area contributed by atoms with Gasteiger partial charge in [0.25, 0.3) is 0 Å². The Morgan fingerprint density at radius 1 is 0.250 bits per heavy atom. The van der Waals surface area contributed by atoms with Gasteiger partial charge in [-0.3, -0.25) is 4.98 Å². The van der Waals surface area contributed by atoms with Gasteiger partial charge in [-0.25, -0.2) is 0 Å². The molecule has 0 radical (unpaired) electrons. The number of rotatable bonds is 6. The van der Waals surface area contributed by atoms with Crippen LogP contribution in [0.2, 0.25) is 0 Å². The van der Waals surface area contributed by atoms with Crippen molar-refractivity contribution < 1.29 is 0 Å². The van der Waals surface area contributed by atoms with Crippen molar-refractivity contribution in [3.8, 4) is 61.5 Å². The zero-order valence-electron chi connectivity index (χ0n) is 43.4. The minimum atomic E-state index is 0.937. The fourth-order valence-corrected chi connectivity index (χ4v) is 14.6. The van der Waals surface area contributed by atoms with E-state index in [1.165, 1.54) is 123 Å². The molecule has 0 aliphatic heterocycles. The van der Waals surface area contributed by atoms with Crippen LogP contribution in [0.15, 0.2) is 279 Å². The van der Waals surface area contributed by atoms with E-state index in [2.05, 4.69) is 284 Å². The van der Waals surface area contributed by atoms with Crippen molar-refractivity contribution in [2.75, 3.05) is 0 Å². The zero-order chi connectivity index (χ0) is 52.4. The number of para-hydroxylation sites is 2. The molecule has 17 rings (SSSR count).